The number of rotatable bonds is 6. The minimum absolute atomic E-state index is 0.0569. The van der Waals surface area contributed by atoms with E-state index in [9.17, 15) is 22.8 Å². The van der Waals surface area contributed by atoms with Crippen molar-refractivity contribution in [1.29, 1.82) is 0 Å². The zero-order chi connectivity index (χ0) is 22.9. The van der Waals surface area contributed by atoms with E-state index in [1.165, 1.54) is 13.0 Å². The average Bonchev–Trinajstić information content (AvgIpc) is 3.14. The van der Waals surface area contributed by atoms with Crippen molar-refractivity contribution in [1.82, 2.24) is 15.0 Å². The lowest BCUT2D eigenvalue weighted by Gasteiger charge is -2.12. The number of nitrogens with zero attached hydrogens (tertiary/aromatic N) is 1. The Balaban J connectivity index is 1.40. The van der Waals surface area contributed by atoms with Crippen molar-refractivity contribution in [3.63, 3.8) is 0 Å². The van der Waals surface area contributed by atoms with Crippen LogP contribution in [0.2, 0.25) is 0 Å². The van der Waals surface area contributed by atoms with Gasteiger partial charge in [-0.15, -0.1) is 0 Å². The van der Waals surface area contributed by atoms with Crippen molar-refractivity contribution in [3.8, 4) is 0 Å². The summed E-state index contributed by atoms with van der Waals surface area (Å²) in [5, 5.41) is 0. The molecule has 0 aliphatic rings. The van der Waals surface area contributed by atoms with Gasteiger partial charge in [-0.25, -0.2) is 4.98 Å². The number of aromatic amines is 2. The van der Waals surface area contributed by atoms with Gasteiger partial charge >= 0.3 is 6.18 Å². The third kappa shape index (κ3) is 4.80. The van der Waals surface area contributed by atoms with Crippen molar-refractivity contribution in [2.75, 3.05) is 0 Å². The van der Waals surface area contributed by atoms with E-state index in [4.69, 9.17) is 0 Å². The predicted molar refractivity (Wildman–Crippen MR) is 115 cm³/mol. The number of hydrogen-bond donors (Lipinski definition) is 2. The number of aromatic nitrogens is 3. The van der Waals surface area contributed by atoms with Crippen LogP contribution in [0, 0.1) is 6.92 Å². The van der Waals surface area contributed by atoms with E-state index < -0.39 is 11.7 Å². The largest absolute Gasteiger partial charge is 0.416 e. The summed E-state index contributed by atoms with van der Waals surface area (Å²) in [6, 6.07) is 13.1. The maximum atomic E-state index is 13.1. The minimum atomic E-state index is -4.44. The van der Waals surface area contributed by atoms with Gasteiger partial charge < -0.3 is 9.97 Å². The summed E-state index contributed by atoms with van der Waals surface area (Å²) in [7, 11) is 0. The number of fused-ring (bicyclic) bond motifs is 1. The summed E-state index contributed by atoms with van der Waals surface area (Å²) in [6.07, 6.45) is -2.31. The second kappa shape index (κ2) is 8.45. The van der Waals surface area contributed by atoms with E-state index in [2.05, 4.69) is 15.0 Å². The third-order valence-corrected chi connectivity index (χ3v) is 5.26. The quantitative estimate of drug-likeness (QED) is 0.464. The Bertz CT molecular complexity index is 1340. The molecule has 164 valence electrons. The molecule has 8 heteroatoms. The Morgan fingerprint density at radius 3 is 2.31 bits per heavy atom. The molecule has 2 aromatic heterocycles. The van der Waals surface area contributed by atoms with Crippen LogP contribution in [0.5, 0.6) is 0 Å². The van der Waals surface area contributed by atoms with Crippen LogP contribution in [0.25, 0.3) is 11.0 Å². The van der Waals surface area contributed by atoms with Gasteiger partial charge in [0.15, 0.2) is 5.52 Å². The molecule has 0 bridgehead atoms. The number of alkyl halides is 3. The number of carbonyl (C=O) groups is 1. The molecule has 2 N–H and O–H groups in total. The fourth-order valence-electron chi connectivity index (χ4n) is 3.65. The van der Waals surface area contributed by atoms with Gasteiger partial charge in [0, 0.05) is 25.5 Å². The van der Waals surface area contributed by atoms with Crippen LogP contribution < -0.4 is 5.56 Å². The summed E-state index contributed by atoms with van der Waals surface area (Å²) in [5.41, 5.74) is 2.27. The predicted octanol–water partition coefficient (Wildman–Crippen LogP) is 4.52. The molecule has 5 nitrogen and oxygen atoms in total. The fraction of sp³-hybridized carbons (Fsp3) is 0.208. The van der Waals surface area contributed by atoms with Gasteiger partial charge in [-0.2, -0.15) is 13.2 Å². The van der Waals surface area contributed by atoms with Crippen LogP contribution in [0.3, 0.4) is 0 Å². The van der Waals surface area contributed by atoms with Gasteiger partial charge in [-0.1, -0.05) is 36.4 Å². The lowest BCUT2D eigenvalue weighted by Crippen LogP contribution is -2.11. The fourth-order valence-corrected chi connectivity index (χ4v) is 3.65. The first-order chi connectivity index (χ1) is 15.2. The van der Waals surface area contributed by atoms with Crippen LogP contribution in [0.4, 0.5) is 13.2 Å². The van der Waals surface area contributed by atoms with Gasteiger partial charge in [0.25, 0.3) is 5.56 Å². The van der Waals surface area contributed by atoms with Crippen LogP contribution >= 0.6 is 0 Å². The Morgan fingerprint density at radius 1 is 0.969 bits per heavy atom. The smallest absolute Gasteiger partial charge is 0.341 e. The maximum Gasteiger partial charge on any atom is 0.416 e. The van der Waals surface area contributed by atoms with Crippen molar-refractivity contribution < 1.29 is 18.0 Å². The van der Waals surface area contributed by atoms with Gasteiger partial charge in [0.1, 0.15) is 11.6 Å². The highest BCUT2D eigenvalue weighted by atomic mass is 19.4. The van der Waals surface area contributed by atoms with Crippen LogP contribution in [-0.2, 0) is 30.2 Å². The van der Waals surface area contributed by atoms with Gasteiger partial charge in [-0.05, 0) is 41.3 Å². The highest BCUT2D eigenvalue weighted by Crippen LogP contribution is 2.32. The summed E-state index contributed by atoms with van der Waals surface area (Å²) in [6.45, 7) is 1.40. The number of Topliss-reactive ketones (excluding diaryl/α,β-unsaturated/α-hetero) is 1. The minimum Gasteiger partial charge on any atom is -0.341 e. The van der Waals surface area contributed by atoms with Crippen molar-refractivity contribution in [2.45, 2.75) is 32.4 Å². The molecule has 0 unspecified atom stereocenters. The molecule has 0 saturated carbocycles. The first kappa shape index (κ1) is 21.5. The highest BCUT2D eigenvalue weighted by Gasteiger charge is 2.32. The molecule has 0 fully saturated rings. The lowest BCUT2D eigenvalue weighted by atomic mass is 9.98. The maximum absolute atomic E-state index is 13.1. The van der Waals surface area contributed by atoms with E-state index in [0.717, 1.165) is 17.2 Å². The molecular weight excluding hydrogens is 419 g/mol. The molecule has 0 radical (unpaired) electrons. The van der Waals surface area contributed by atoms with Gasteiger partial charge in [0.05, 0.1) is 11.1 Å². The molecule has 0 aliphatic carbocycles. The number of carbonyl (C=O) groups excluding carboxylic acids is 1. The summed E-state index contributed by atoms with van der Waals surface area (Å²) < 4.78 is 39.2. The first-order valence-corrected chi connectivity index (χ1v) is 10.0. The number of nitrogens with one attached hydrogen (secondary N) is 2. The standard InChI is InChI=1S/C24H20F3N3O2/c1-14-2-3-17(12-19(14)24(25,26)27)11-18(31)10-15-4-6-16(7-5-15)13-21-29-20-8-9-28-23(32)22(20)30-21/h2-9,12H,10-11,13H2,1H3,(H,28,32)(H,29,30). The van der Waals surface area contributed by atoms with Gasteiger partial charge in [0.2, 0.25) is 0 Å². The second-order valence-corrected chi connectivity index (χ2v) is 7.79. The van der Waals surface area contributed by atoms with Gasteiger partial charge in [-0.3, -0.25) is 9.59 Å². The van der Waals surface area contributed by atoms with E-state index in [1.54, 1.807) is 18.3 Å². The Kier molecular flexibility index (Phi) is 5.69. The lowest BCUT2D eigenvalue weighted by molar-refractivity contribution is -0.138. The second-order valence-electron chi connectivity index (χ2n) is 7.79. The SMILES string of the molecule is Cc1ccc(CC(=O)Cc2ccc(Cc3nc4c(=O)[nH]ccc4[nH]3)cc2)cc1C(F)(F)F. The number of ketones is 1. The van der Waals surface area contributed by atoms with E-state index in [0.29, 0.717) is 28.8 Å². The number of H-pyrrole nitrogens is 2. The number of imidazole rings is 1. The molecule has 2 heterocycles. The average molecular weight is 439 g/mol. The molecule has 4 rings (SSSR count). The summed E-state index contributed by atoms with van der Waals surface area (Å²) in [5.74, 6) is 0.492. The molecule has 32 heavy (non-hydrogen) atoms. The zero-order valence-corrected chi connectivity index (χ0v) is 17.2. The first-order valence-electron chi connectivity index (χ1n) is 10.0. The number of pyridine rings is 1. The normalized spacial score (nSPS) is 11.8. The van der Waals surface area contributed by atoms with Crippen molar-refractivity contribution in [3.05, 3.63) is 98.7 Å². The highest BCUT2D eigenvalue weighted by molar-refractivity contribution is 5.83. The van der Waals surface area contributed by atoms with Crippen molar-refractivity contribution in [2.24, 2.45) is 0 Å². The molecule has 0 spiro atoms. The van der Waals surface area contributed by atoms with Crippen LogP contribution in [0.1, 0.15) is 33.6 Å². The van der Waals surface area contributed by atoms with E-state index in [1.807, 2.05) is 24.3 Å². The number of hydrogen-bond acceptors (Lipinski definition) is 3. The molecule has 0 saturated heterocycles. The molecule has 0 atom stereocenters. The molecular formula is C24H20F3N3O2. The number of halogens is 3. The third-order valence-electron chi connectivity index (χ3n) is 5.26. The summed E-state index contributed by atoms with van der Waals surface area (Å²) >= 11 is 0. The molecule has 4 aromatic rings. The Hall–Kier alpha value is -3.68. The van der Waals surface area contributed by atoms with E-state index in [-0.39, 0.29) is 29.7 Å². The molecule has 0 aliphatic heterocycles. The monoisotopic (exact) mass is 439 g/mol. The Morgan fingerprint density at radius 2 is 1.62 bits per heavy atom. The molecule has 0 amide bonds. The number of benzene rings is 2. The molecule has 2 aromatic carbocycles. The zero-order valence-electron chi connectivity index (χ0n) is 17.2. The number of aryl methyl sites for hydroxylation is 1. The topological polar surface area (TPSA) is 78.6 Å². The Labute approximate surface area is 181 Å². The van der Waals surface area contributed by atoms with Crippen LogP contribution in [-0.4, -0.2) is 20.7 Å². The van der Waals surface area contributed by atoms with Crippen molar-refractivity contribution >= 4 is 16.8 Å². The summed E-state index contributed by atoms with van der Waals surface area (Å²) in [4.78, 5) is 34.2. The van der Waals surface area contributed by atoms with E-state index >= 15 is 0 Å². The van der Waals surface area contributed by atoms with Crippen LogP contribution in [0.15, 0.2) is 59.5 Å².